The Kier molecular flexibility index (Phi) is 2.02. The second kappa shape index (κ2) is 3.18. The zero-order chi connectivity index (χ0) is 9.26. The molecule has 2 aromatic rings. The van der Waals surface area contributed by atoms with E-state index in [1.54, 1.807) is 12.7 Å². The summed E-state index contributed by atoms with van der Waals surface area (Å²) in [5.41, 5.74) is 2.07. The molecular formula is C9H8ClN3. The van der Waals surface area contributed by atoms with Gasteiger partial charge >= 0.3 is 0 Å². The minimum absolute atomic E-state index is 0.775. The fourth-order valence-electron chi connectivity index (χ4n) is 1.12. The Morgan fingerprint density at radius 1 is 1.23 bits per heavy atom. The Morgan fingerprint density at radius 3 is 2.54 bits per heavy atom. The summed E-state index contributed by atoms with van der Waals surface area (Å²) in [7, 11) is 0. The molecule has 0 unspecified atom stereocenters. The first-order valence-corrected chi connectivity index (χ1v) is 4.26. The predicted molar refractivity (Wildman–Crippen MR) is 51.1 cm³/mol. The number of hydrogen-bond donors (Lipinski definition) is 0. The normalized spacial score (nSPS) is 10.3. The number of aryl methyl sites for hydroxylation is 1. The lowest BCUT2D eigenvalue weighted by molar-refractivity contribution is 1.05. The van der Waals surface area contributed by atoms with Crippen LogP contribution in [0, 0.1) is 6.92 Å². The quantitative estimate of drug-likeness (QED) is 0.696. The second-order valence-corrected chi connectivity index (χ2v) is 3.21. The third kappa shape index (κ3) is 1.55. The first-order chi connectivity index (χ1) is 6.27. The molecule has 0 radical (unpaired) electrons. The molecule has 0 bridgehead atoms. The van der Waals surface area contributed by atoms with Gasteiger partial charge in [-0.25, -0.2) is 0 Å². The van der Waals surface area contributed by atoms with Gasteiger partial charge in [0.25, 0.3) is 0 Å². The van der Waals surface area contributed by atoms with E-state index in [-0.39, 0.29) is 0 Å². The fourth-order valence-corrected chi connectivity index (χ4v) is 1.24. The van der Waals surface area contributed by atoms with Crippen molar-refractivity contribution in [1.29, 1.82) is 0 Å². The van der Waals surface area contributed by atoms with Gasteiger partial charge in [-0.3, -0.25) is 4.57 Å². The van der Waals surface area contributed by atoms with Crippen LogP contribution in [0.2, 0.25) is 5.02 Å². The van der Waals surface area contributed by atoms with E-state index in [4.69, 9.17) is 11.6 Å². The maximum Gasteiger partial charge on any atom is 0.123 e. The van der Waals surface area contributed by atoms with Crippen molar-refractivity contribution in [3.8, 4) is 5.69 Å². The smallest absolute Gasteiger partial charge is 0.123 e. The van der Waals surface area contributed by atoms with Crippen LogP contribution in [0.15, 0.2) is 30.9 Å². The van der Waals surface area contributed by atoms with Gasteiger partial charge in [-0.05, 0) is 30.7 Å². The molecule has 13 heavy (non-hydrogen) atoms. The fraction of sp³-hybridized carbons (Fsp3) is 0.111. The van der Waals surface area contributed by atoms with Crippen molar-refractivity contribution in [2.75, 3.05) is 0 Å². The van der Waals surface area contributed by atoms with E-state index in [9.17, 15) is 0 Å². The van der Waals surface area contributed by atoms with Crippen LogP contribution in [0.5, 0.6) is 0 Å². The lowest BCUT2D eigenvalue weighted by Gasteiger charge is -2.03. The van der Waals surface area contributed by atoms with E-state index in [0.29, 0.717) is 0 Å². The molecule has 66 valence electrons. The van der Waals surface area contributed by atoms with E-state index in [0.717, 1.165) is 16.3 Å². The molecule has 3 nitrogen and oxygen atoms in total. The van der Waals surface area contributed by atoms with Gasteiger partial charge in [0.2, 0.25) is 0 Å². The maximum atomic E-state index is 5.90. The number of rotatable bonds is 1. The summed E-state index contributed by atoms with van der Waals surface area (Å²) in [4.78, 5) is 0. The third-order valence-corrected chi connectivity index (χ3v) is 2.28. The number of aromatic nitrogens is 3. The highest BCUT2D eigenvalue weighted by Crippen LogP contribution is 2.18. The van der Waals surface area contributed by atoms with Crippen molar-refractivity contribution in [2.45, 2.75) is 6.92 Å². The van der Waals surface area contributed by atoms with Crippen LogP contribution in [-0.2, 0) is 0 Å². The number of nitrogens with zero attached hydrogens (tertiary/aromatic N) is 3. The van der Waals surface area contributed by atoms with E-state index >= 15 is 0 Å². The Labute approximate surface area is 81.0 Å². The van der Waals surface area contributed by atoms with E-state index in [1.165, 1.54) is 0 Å². The molecule has 0 aliphatic rings. The third-order valence-electron chi connectivity index (χ3n) is 1.86. The zero-order valence-corrected chi connectivity index (χ0v) is 7.86. The molecule has 0 fully saturated rings. The highest BCUT2D eigenvalue weighted by atomic mass is 35.5. The molecule has 2 rings (SSSR count). The van der Waals surface area contributed by atoms with Crippen molar-refractivity contribution in [3.63, 3.8) is 0 Å². The van der Waals surface area contributed by atoms with Crippen molar-refractivity contribution >= 4 is 11.6 Å². The van der Waals surface area contributed by atoms with Crippen molar-refractivity contribution in [1.82, 2.24) is 14.8 Å². The van der Waals surface area contributed by atoms with Gasteiger partial charge in [0.15, 0.2) is 0 Å². The molecule has 0 aliphatic heterocycles. The summed E-state index contributed by atoms with van der Waals surface area (Å²) in [5, 5.41) is 8.24. The molecule has 4 heteroatoms. The van der Waals surface area contributed by atoms with Crippen LogP contribution in [0.4, 0.5) is 0 Å². The molecule has 1 aromatic heterocycles. The summed E-state index contributed by atoms with van der Waals surface area (Å²) in [5.74, 6) is 0. The summed E-state index contributed by atoms with van der Waals surface area (Å²) in [6.45, 7) is 1.97. The van der Waals surface area contributed by atoms with Crippen molar-refractivity contribution in [2.24, 2.45) is 0 Å². The van der Waals surface area contributed by atoms with Gasteiger partial charge in [-0.2, -0.15) is 0 Å². The van der Waals surface area contributed by atoms with E-state index in [2.05, 4.69) is 10.2 Å². The molecule has 0 atom stereocenters. The highest BCUT2D eigenvalue weighted by Gasteiger charge is 1.98. The van der Waals surface area contributed by atoms with Gasteiger partial charge in [0.1, 0.15) is 12.7 Å². The van der Waals surface area contributed by atoms with Crippen LogP contribution in [0.25, 0.3) is 5.69 Å². The molecular weight excluding hydrogens is 186 g/mol. The lowest BCUT2D eigenvalue weighted by atomic mass is 10.2. The Hall–Kier alpha value is -1.35. The zero-order valence-electron chi connectivity index (χ0n) is 7.11. The van der Waals surface area contributed by atoms with E-state index < -0.39 is 0 Å². The first kappa shape index (κ1) is 8.26. The monoisotopic (exact) mass is 193 g/mol. The molecule has 1 heterocycles. The topological polar surface area (TPSA) is 30.7 Å². The maximum absolute atomic E-state index is 5.90. The average Bonchev–Trinajstić information content (AvgIpc) is 2.62. The van der Waals surface area contributed by atoms with Crippen molar-refractivity contribution < 1.29 is 0 Å². The number of hydrogen-bond acceptors (Lipinski definition) is 2. The summed E-state index contributed by atoms with van der Waals surface area (Å²) in [6.07, 6.45) is 3.31. The molecule has 1 aromatic carbocycles. The Bertz CT molecular complexity index is 409. The average molecular weight is 194 g/mol. The molecule has 0 amide bonds. The van der Waals surface area contributed by atoms with Crippen molar-refractivity contribution in [3.05, 3.63) is 41.4 Å². The van der Waals surface area contributed by atoms with Gasteiger partial charge in [0, 0.05) is 10.7 Å². The minimum atomic E-state index is 0.775. The summed E-state index contributed by atoms with van der Waals surface area (Å²) < 4.78 is 1.84. The molecule has 0 spiro atoms. The standard InChI is InChI=1S/C9H8ClN3/c1-7-4-8(2-3-9(7)10)13-5-11-12-6-13/h2-6H,1H3. The molecule has 0 aliphatic carbocycles. The Balaban J connectivity index is 2.49. The predicted octanol–water partition coefficient (Wildman–Crippen LogP) is 2.23. The Morgan fingerprint density at radius 2 is 1.92 bits per heavy atom. The van der Waals surface area contributed by atoms with Gasteiger partial charge in [-0.1, -0.05) is 11.6 Å². The highest BCUT2D eigenvalue weighted by molar-refractivity contribution is 6.31. The SMILES string of the molecule is Cc1cc(-n2cnnc2)ccc1Cl. The van der Waals surface area contributed by atoms with Crippen LogP contribution in [0.1, 0.15) is 5.56 Å². The number of halogens is 1. The second-order valence-electron chi connectivity index (χ2n) is 2.80. The van der Waals surface area contributed by atoms with Crippen LogP contribution < -0.4 is 0 Å². The van der Waals surface area contributed by atoms with Crippen LogP contribution >= 0.6 is 11.6 Å². The van der Waals surface area contributed by atoms with Gasteiger partial charge < -0.3 is 0 Å². The number of benzene rings is 1. The van der Waals surface area contributed by atoms with Gasteiger partial charge in [-0.15, -0.1) is 10.2 Å². The molecule has 0 saturated carbocycles. The van der Waals surface area contributed by atoms with Crippen LogP contribution in [-0.4, -0.2) is 14.8 Å². The summed E-state index contributed by atoms with van der Waals surface area (Å²) in [6, 6.07) is 5.79. The minimum Gasteiger partial charge on any atom is -0.288 e. The molecule has 0 saturated heterocycles. The lowest BCUT2D eigenvalue weighted by Crippen LogP contribution is -1.90. The van der Waals surface area contributed by atoms with E-state index in [1.807, 2.05) is 29.7 Å². The summed E-state index contributed by atoms with van der Waals surface area (Å²) >= 11 is 5.90. The van der Waals surface area contributed by atoms with Gasteiger partial charge in [0.05, 0.1) is 0 Å². The largest absolute Gasteiger partial charge is 0.288 e. The van der Waals surface area contributed by atoms with Crippen LogP contribution in [0.3, 0.4) is 0 Å². The molecule has 0 N–H and O–H groups in total. The first-order valence-electron chi connectivity index (χ1n) is 3.88.